The first-order valence-corrected chi connectivity index (χ1v) is 6.52. The van der Waals surface area contributed by atoms with Gasteiger partial charge >= 0.3 is 0 Å². The first kappa shape index (κ1) is 17.8. The highest BCUT2D eigenvalue weighted by molar-refractivity contribution is 6.45. The molecule has 0 bridgehead atoms. The highest BCUT2D eigenvalue weighted by Crippen LogP contribution is 2.26. The average Bonchev–Trinajstić information content (AvgIpc) is 2.35. The van der Waals surface area contributed by atoms with Crippen LogP contribution in [0.4, 0.5) is 10.1 Å². The van der Waals surface area contributed by atoms with Crippen LogP contribution in [0.25, 0.3) is 0 Å². The molecule has 7 heteroatoms. The van der Waals surface area contributed by atoms with Crippen LogP contribution in [-0.2, 0) is 15.0 Å². The maximum absolute atomic E-state index is 14.0. The number of ketones is 1. The Morgan fingerprint density at radius 2 is 1.95 bits per heavy atom. The maximum atomic E-state index is 14.0. The summed E-state index contributed by atoms with van der Waals surface area (Å²) in [6, 6.07) is 4.05. The lowest BCUT2D eigenvalue weighted by Gasteiger charge is -2.20. The van der Waals surface area contributed by atoms with Crippen molar-refractivity contribution in [2.24, 2.45) is 5.73 Å². The number of nitrogens with one attached hydrogen (secondary N) is 1. The lowest BCUT2D eigenvalue weighted by atomic mass is 9.86. The molecule has 120 valence electrons. The van der Waals surface area contributed by atoms with Gasteiger partial charge in [-0.3, -0.25) is 9.59 Å². The number of hydrogen-bond donors (Lipinski definition) is 4. The molecular weight excluding hydrogens is 291 g/mol. The minimum Gasteiger partial charge on any atom is -0.504 e. The third-order valence-corrected chi connectivity index (χ3v) is 2.80. The molecule has 1 rings (SSSR count). The van der Waals surface area contributed by atoms with Crippen LogP contribution in [0, 0.1) is 5.82 Å². The number of Topliss-reactive ketones (excluding diaryl/α,β-unsaturated/α-hetero) is 1. The summed E-state index contributed by atoms with van der Waals surface area (Å²) in [6.07, 6.45) is -0.953. The van der Waals surface area contributed by atoms with Gasteiger partial charge in [0.15, 0.2) is 5.76 Å². The van der Waals surface area contributed by atoms with Crippen molar-refractivity contribution in [2.45, 2.75) is 32.4 Å². The molecule has 0 saturated heterocycles. The number of carbonyl (C=O) groups is 2. The molecule has 5 N–H and O–H groups in total. The van der Waals surface area contributed by atoms with E-state index in [0.717, 1.165) is 6.07 Å². The molecule has 0 aliphatic rings. The topological polar surface area (TPSA) is 113 Å². The Labute approximate surface area is 127 Å². The number of aliphatic hydroxyl groups is 2. The monoisotopic (exact) mass is 310 g/mol. The number of nitrogens with two attached hydrogens (primary N) is 1. The SMILES string of the molecule is CC(C)(C)c1ccc(NC(=O)C(=O)/C(O)=C/C(N)O)cc1F. The zero-order valence-corrected chi connectivity index (χ0v) is 12.6. The quantitative estimate of drug-likeness (QED) is 0.290. The van der Waals surface area contributed by atoms with Gasteiger partial charge in [0, 0.05) is 11.8 Å². The van der Waals surface area contributed by atoms with E-state index >= 15 is 0 Å². The van der Waals surface area contributed by atoms with Gasteiger partial charge in [-0.15, -0.1) is 0 Å². The van der Waals surface area contributed by atoms with E-state index in [9.17, 15) is 19.1 Å². The molecule has 1 aromatic carbocycles. The van der Waals surface area contributed by atoms with Crippen molar-refractivity contribution in [3.63, 3.8) is 0 Å². The van der Waals surface area contributed by atoms with E-state index < -0.39 is 34.9 Å². The maximum Gasteiger partial charge on any atom is 0.300 e. The molecule has 0 heterocycles. The lowest BCUT2D eigenvalue weighted by molar-refractivity contribution is -0.134. The number of anilines is 1. The summed E-state index contributed by atoms with van der Waals surface area (Å²) in [5, 5.41) is 20.2. The van der Waals surface area contributed by atoms with Crippen LogP contribution in [-0.4, -0.2) is 28.1 Å². The van der Waals surface area contributed by atoms with Crippen molar-refractivity contribution in [3.8, 4) is 0 Å². The number of halogens is 1. The fraction of sp³-hybridized carbons (Fsp3) is 0.333. The Morgan fingerprint density at radius 1 is 1.36 bits per heavy atom. The highest BCUT2D eigenvalue weighted by Gasteiger charge is 2.21. The lowest BCUT2D eigenvalue weighted by Crippen LogP contribution is -2.26. The van der Waals surface area contributed by atoms with Gasteiger partial charge in [0.05, 0.1) is 0 Å². The van der Waals surface area contributed by atoms with Crippen LogP contribution < -0.4 is 11.1 Å². The van der Waals surface area contributed by atoms with Gasteiger partial charge < -0.3 is 21.3 Å². The average molecular weight is 310 g/mol. The van der Waals surface area contributed by atoms with Crippen molar-refractivity contribution in [1.29, 1.82) is 0 Å². The molecule has 0 aliphatic heterocycles. The summed E-state index contributed by atoms with van der Waals surface area (Å²) in [5.74, 6) is -3.96. The Kier molecular flexibility index (Phi) is 5.40. The fourth-order valence-corrected chi connectivity index (χ4v) is 1.74. The fourth-order valence-electron chi connectivity index (χ4n) is 1.74. The number of benzene rings is 1. The van der Waals surface area contributed by atoms with Crippen LogP contribution in [0.2, 0.25) is 0 Å². The van der Waals surface area contributed by atoms with Crippen LogP contribution >= 0.6 is 0 Å². The van der Waals surface area contributed by atoms with Gasteiger partial charge in [-0.2, -0.15) is 0 Å². The molecule has 0 saturated carbocycles. The van der Waals surface area contributed by atoms with Crippen molar-refractivity contribution in [2.75, 3.05) is 5.32 Å². The van der Waals surface area contributed by atoms with Crippen LogP contribution in [0.3, 0.4) is 0 Å². The molecule has 1 unspecified atom stereocenters. The Bertz CT molecular complexity index is 618. The number of aliphatic hydroxyl groups excluding tert-OH is 2. The summed E-state index contributed by atoms with van der Waals surface area (Å²) in [4.78, 5) is 23.1. The van der Waals surface area contributed by atoms with Crippen molar-refractivity contribution < 1.29 is 24.2 Å². The second-order valence-electron chi connectivity index (χ2n) is 5.77. The first-order valence-electron chi connectivity index (χ1n) is 6.52. The Balaban J connectivity index is 2.90. The molecule has 0 aliphatic carbocycles. The van der Waals surface area contributed by atoms with E-state index in [1.165, 1.54) is 12.1 Å². The summed E-state index contributed by atoms with van der Waals surface area (Å²) in [6.45, 7) is 5.52. The second-order valence-corrected chi connectivity index (χ2v) is 5.77. The number of hydrogen-bond acceptors (Lipinski definition) is 5. The molecule has 1 aromatic rings. The van der Waals surface area contributed by atoms with Gasteiger partial charge in [0.2, 0.25) is 0 Å². The van der Waals surface area contributed by atoms with Crippen LogP contribution in [0.5, 0.6) is 0 Å². The Hall–Kier alpha value is -2.25. The third-order valence-electron chi connectivity index (χ3n) is 2.80. The molecule has 0 fully saturated rings. The molecular formula is C15H19FN2O4. The summed E-state index contributed by atoms with van der Waals surface area (Å²) in [5.41, 5.74) is 5.08. The standard InChI is InChI=1S/C15H19FN2O4/c1-15(2,3)9-5-4-8(6-10(9)16)18-14(22)13(21)11(19)7-12(17)20/h4-7,12,19-20H,17H2,1-3H3,(H,18,22)/b11-7-. The van der Waals surface area contributed by atoms with Gasteiger partial charge in [-0.05, 0) is 23.1 Å². The van der Waals surface area contributed by atoms with E-state index in [2.05, 4.69) is 5.32 Å². The minimum absolute atomic E-state index is 0.0740. The third kappa shape index (κ3) is 4.64. The normalized spacial score (nSPS) is 13.6. The molecule has 1 amide bonds. The number of carbonyl (C=O) groups excluding carboxylic acids is 2. The van der Waals surface area contributed by atoms with Crippen LogP contribution in [0.15, 0.2) is 30.0 Å². The summed E-state index contributed by atoms with van der Waals surface area (Å²) < 4.78 is 14.0. The predicted molar refractivity (Wildman–Crippen MR) is 79.6 cm³/mol. The summed E-state index contributed by atoms with van der Waals surface area (Å²) >= 11 is 0. The van der Waals surface area contributed by atoms with Crippen molar-refractivity contribution in [3.05, 3.63) is 41.4 Å². The minimum atomic E-state index is -1.57. The smallest absolute Gasteiger partial charge is 0.300 e. The Morgan fingerprint density at radius 3 is 2.41 bits per heavy atom. The van der Waals surface area contributed by atoms with Gasteiger partial charge in [-0.25, -0.2) is 4.39 Å². The molecule has 22 heavy (non-hydrogen) atoms. The predicted octanol–water partition coefficient (Wildman–Crippen LogP) is 1.35. The first-order chi connectivity index (χ1) is 10.0. The van der Waals surface area contributed by atoms with Gasteiger partial charge in [-0.1, -0.05) is 26.8 Å². The molecule has 1 atom stereocenters. The van der Waals surface area contributed by atoms with Crippen LogP contribution in [0.1, 0.15) is 26.3 Å². The second kappa shape index (κ2) is 6.67. The molecule has 6 nitrogen and oxygen atoms in total. The van der Waals surface area contributed by atoms with E-state index in [4.69, 9.17) is 10.8 Å². The van der Waals surface area contributed by atoms with E-state index in [1.807, 2.05) is 20.8 Å². The largest absolute Gasteiger partial charge is 0.504 e. The van der Waals surface area contributed by atoms with Crippen molar-refractivity contribution in [1.82, 2.24) is 0 Å². The van der Waals surface area contributed by atoms with Gasteiger partial charge in [0.1, 0.15) is 12.0 Å². The zero-order chi connectivity index (χ0) is 17.1. The summed E-state index contributed by atoms with van der Waals surface area (Å²) in [7, 11) is 0. The van der Waals surface area contributed by atoms with E-state index in [0.29, 0.717) is 11.6 Å². The highest BCUT2D eigenvalue weighted by atomic mass is 19.1. The zero-order valence-electron chi connectivity index (χ0n) is 12.6. The van der Waals surface area contributed by atoms with E-state index in [-0.39, 0.29) is 5.69 Å². The van der Waals surface area contributed by atoms with Crippen molar-refractivity contribution >= 4 is 17.4 Å². The molecule has 0 spiro atoms. The number of rotatable bonds is 4. The number of amides is 1. The molecule has 0 aromatic heterocycles. The molecule has 0 radical (unpaired) electrons. The van der Waals surface area contributed by atoms with E-state index in [1.54, 1.807) is 0 Å². The van der Waals surface area contributed by atoms with Gasteiger partial charge in [0.25, 0.3) is 11.7 Å².